The second-order valence-electron chi connectivity index (χ2n) is 3.94. The number of H-pyrrole nitrogens is 1. The molecule has 1 aliphatic heterocycles. The first-order valence-electron chi connectivity index (χ1n) is 5.20. The van der Waals surface area contributed by atoms with Crippen molar-refractivity contribution in [2.75, 3.05) is 0 Å². The van der Waals surface area contributed by atoms with Gasteiger partial charge in [-0.1, -0.05) is 22.0 Å². The van der Waals surface area contributed by atoms with Crippen LogP contribution in [-0.2, 0) is 9.59 Å². The van der Waals surface area contributed by atoms with Crippen LogP contribution in [0.15, 0.2) is 34.9 Å². The van der Waals surface area contributed by atoms with Crippen LogP contribution in [-0.4, -0.2) is 21.8 Å². The molecule has 0 bridgehead atoms. The maximum Gasteiger partial charge on any atom is 0.276 e. The van der Waals surface area contributed by atoms with Gasteiger partial charge in [0.2, 0.25) is 0 Å². The van der Waals surface area contributed by atoms with Crippen LogP contribution < -0.4 is 5.84 Å². The van der Waals surface area contributed by atoms with E-state index in [0.29, 0.717) is 16.1 Å². The lowest BCUT2D eigenvalue weighted by Gasteiger charge is -2.06. The number of hydrogen-bond donors (Lipinski definition) is 2. The Morgan fingerprint density at radius 1 is 1.28 bits per heavy atom. The van der Waals surface area contributed by atoms with Crippen LogP contribution >= 0.6 is 15.9 Å². The molecule has 18 heavy (non-hydrogen) atoms. The molecule has 3 N–H and O–H groups in total. The minimum atomic E-state index is -0.503. The smallest absolute Gasteiger partial charge is 0.276 e. The van der Waals surface area contributed by atoms with E-state index in [1.165, 1.54) is 6.08 Å². The highest BCUT2D eigenvalue weighted by Gasteiger charge is 2.31. The number of imide groups is 1. The maximum absolute atomic E-state index is 11.9. The van der Waals surface area contributed by atoms with Crippen molar-refractivity contribution in [3.05, 3.63) is 40.5 Å². The van der Waals surface area contributed by atoms with Crippen LogP contribution in [0.5, 0.6) is 0 Å². The highest BCUT2D eigenvalue weighted by Crippen LogP contribution is 2.33. The molecule has 6 heteroatoms. The summed E-state index contributed by atoms with van der Waals surface area (Å²) in [7, 11) is 0. The van der Waals surface area contributed by atoms with Gasteiger partial charge in [-0.3, -0.25) is 9.59 Å². The molecule has 90 valence electrons. The number of carbonyl (C=O) groups excluding carboxylic acids is 2. The van der Waals surface area contributed by atoms with E-state index in [-0.39, 0.29) is 0 Å². The van der Waals surface area contributed by atoms with Gasteiger partial charge in [0.05, 0.1) is 5.57 Å². The number of rotatable bonds is 1. The standard InChI is InChI=1S/C12H8BrN3O2/c13-8-2-1-3-9-11(8)7(5-15-9)6-4-10(17)16(14)12(6)18/h1-5,15H,14H2. The zero-order valence-corrected chi connectivity index (χ0v) is 10.7. The van der Waals surface area contributed by atoms with E-state index in [1.807, 2.05) is 18.2 Å². The number of halogens is 1. The molecule has 0 spiro atoms. The molecule has 5 nitrogen and oxygen atoms in total. The number of aromatic amines is 1. The number of nitrogens with one attached hydrogen (secondary N) is 1. The Bertz CT molecular complexity index is 717. The molecular weight excluding hydrogens is 298 g/mol. The van der Waals surface area contributed by atoms with Gasteiger partial charge in [-0.25, -0.2) is 10.9 Å². The number of carbonyl (C=O) groups is 2. The first kappa shape index (κ1) is 11.2. The molecule has 0 saturated heterocycles. The molecule has 1 aliphatic rings. The second-order valence-corrected chi connectivity index (χ2v) is 4.79. The summed E-state index contributed by atoms with van der Waals surface area (Å²) < 4.78 is 0.855. The summed E-state index contributed by atoms with van der Waals surface area (Å²) in [5.41, 5.74) is 1.86. The molecule has 0 unspecified atom stereocenters. The van der Waals surface area contributed by atoms with E-state index < -0.39 is 11.8 Å². The molecule has 3 rings (SSSR count). The fraction of sp³-hybridized carbons (Fsp3) is 0. The summed E-state index contributed by atoms with van der Waals surface area (Å²) in [5, 5.41) is 1.48. The summed E-state index contributed by atoms with van der Waals surface area (Å²) in [4.78, 5) is 26.3. The van der Waals surface area contributed by atoms with Crippen LogP contribution in [0.1, 0.15) is 5.56 Å². The highest BCUT2D eigenvalue weighted by atomic mass is 79.9. The Balaban J connectivity index is 2.26. The second kappa shape index (κ2) is 3.79. The van der Waals surface area contributed by atoms with E-state index in [4.69, 9.17) is 5.84 Å². The lowest BCUT2D eigenvalue weighted by molar-refractivity contribution is -0.136. The van der Waals surface area contributed by atoms with Gasteiger partial charge >= 0.3 is 0 Å². The zero-order valence-electron chi connectivity index (χ0n) is 9.11. The molecular formula is C12H8BrN3O2. The lowest BCUT2D eigenvalue weighted by atomic mass is 10.1. The Labute approximate surface area is 110 Å². The quantitative estimate of drug-likeness (QED) is 0.477. The minimum Gasteiger partial charge on any atom is -0.361 e. The SMILES string of the molecule is NN1C(=O)C=C(c2c[nH]c3cccc(Br)c23)C1=O. The summed E-state index contributed by atoms with van der Waals surface area (Å²) in [5.74, 6) is 4.37. The normalized spacial score (nSPS) is 15.7. The van der Waals surface area contributed by atoms with E-state index in [0.717, 1.165) is 15.4 Å². The van der Waals surface area contributed by atoms with E-state index in [2.05, 4.69) is 20.9 Å². The van der Waals surface area contributed by atoms with E-state index >= 15 is 0 Å². The van der Waals surface area contributed by atoms with Gasteiger partial charge in [0, 0.05) is 33.2 Å². The van der Waals surface area contributed by atoms with Crippen LogP contribution in [0.25, 0.3) is 16.5 Å². The van der Waals surface area contributed by atoms with Gasteiger partial charge in [-0.15, -0.1) is 0 Å². The molecule has 2 heterocycles. The molecule has 2 aromatic rings. The predicted octanol–water partition coefficient (Wildman–Crippen LogP) is 1.56. The zero-order chi connectivity index (χ0) is 12.9. The molecule has 0 fully saturated rings. The number of hydrazine groups is 1. The molecule has 0 atom stereocenters. The van der Waals surface area contributed by atoms with Crippen molar-refractivity contribution in [3.63, 3.8) is 0 Å². The Hall–Kier alpha value is -1.92. The minimum absolute atomic E-state index is 0.306. The number of aromatic nitrogens is 1. The first-order valence-corrected chi connectivity index (χ1v) is 5.99. The average Bonchev–Trinajstić information content (AvgIpc) is 2.88. The van der Waals surface area contributed by atoms with Gasteiger partial charge in [-0.2, -0.15) is 0 Å². The van der Waals surface area contributed by atoms with Gasteiger partial charge in [0.1, 0.15) is 0 Å². The third kappa shape index (κ3) is 1.43. The molecule has 0 radical (unpaired) electrons. The average molecular weight is 306 g/mol. The van der Waals surface area contributed by atoms with E-state index in [1.54, 1.807) is 6.20 Å². The predicted molar refractivity (Wildman–Crippen MR) is 70.0 cm³/mol. The summed E-state index contributed by atoms with van der Waals surface area (Å²) >= 11 is 3.44. The van der Waals surface area contributed by atoms with Crippen molar-refractivity contribution in [2.24, 2.45) is 5.84 Å². The lowest BCUT2D eigenvalue weighted by Crippen LogP contribution is -2.37. The summed E-state index contributed by atoms with van der Waals surface area (Å²) in [6, 6.07) is 5.66. The largest absolute Gasteiger partial charge is 0.361 e. The topological polar surface area (TPSA) is 79.2 Å². The highest BCUT2D eigenvalue weighted by molar-refractivity contribution is 9.10. The van der Waals surface area contributed by atoms with Crippen molar-refractivity contribution >= 4 is 44.2 Å². The number of nitrogens with zero attached hydrogens (tertiary/aromatic N) is 1. The van der Waals surface area contributed by atoms with Crippen molar-refractivity contribution in [2.45, 2.75) is 0 Å². The fourth-order valence-corrected chi connectivity index (χ4v) is 2.61. The van der Waals surface area contributed by atoms with Crippen molar-refractivity contribution in [3.8, 4) is 0 Å². The summed E-state index contributed by atoms with van der Waals surface area (Å²) in [6.45, 7) is 0. The summed E-state index contributed by atoms with van der Waals surface area (Å²) in [6.07, 6.45) is 2.95. The van der Waals surface area contributed by atoms with Crippen LogP contribution in [0, 0.1) is 0 Å². The van der Waals surface area contributed by atoms with Gasteiger partial charge in [0.25, 0.3) is 11.8 Å². The van der Waals surface area contributed by atoms with Crippen LogP contribution in [0.4, 0.5) is 0 Å². The monoisotopic (exact) mass is 305 g/mol. The van der Waals surface area contributed by atoms with Crippen molar-refractivity contribution < 1.29 is 9.59 Å². The first-order chi connectivity index (χ1) is 8.59. The third-order valence-electron chi connectivity index (χ3n) is 2.90. The molecule has 0 saturated carbocycles. The van der Waals surface area contributed by atoms with Crippen molar-refractivity contribution in [1.29, 1.82) is 0 Å². The third-order valence-corrected chi connectivity index (χ3v) is 3.56. The van der Waals surface area contributed by atoms with Crippen LogP contribution in [0.3, 0.4) is 0 Å². The fourth-order valence-electron chi connectivity index (χ4n) is 2.03. The number of amides is 2. The number of benzene rings is 1. The van der Waals surface area contributed by atoms with Gasteiger partial charge < -0.3 is 4.98 Å². The Morgan fingerprint density at radius 2 is 2.06 bits per heavy atom. The van der Waals surface area contributed by atoms with Crippen LogP contribution in [0.2, 0.25) is 0 Å². The Morgan fingerprint density at radius 3 is 2.72 bits per heavy atom. The molecule has 1 aromatic heterocycles. The molecule has 0 aliphatic carbocycles. The Kier molecular flexibility index (Phi) is 2.36. The number of nitrogens with two attached hydrogens (primary N) is 1. The number of fused-ring (bicyclic) bond motifs is 1. The van der Waals surface area contributed by atoms with E-state index in [9.17, 15) is 9.59 Å². The van der Waals surface area contributed by atoms with Gasteiger partial charge in [0.15, 0.2) is 0 Å². The molecule has 2 amide bonds. The maximum atomic E-state index is 11.9. The van der Waals surface area contributed by atoms with Gasteiger partial charge in [-0.05, 0) is 12.1 Å². The van der Waals surface area contributed by atoms with Crippen molar-refractivity contribution in [1.82, 2.24) is 9.99 Å². The molecule has 1 aromatic carbocycles. The number of hydrogen-bond acceptors (Lipinski definition) is 3.